The summed E-state index contributed by atoms with van der Waals surface area (Å²) in [5, 5.41) is 12.7. The van der Waals surface area contributed by atoms with E-state index in [4.69, 9.17) is 0 Å². The first-order valence-electron chi connectivity index (χ1n) is 6.64. The molecule has 0 heterocycles. The van der Waals surface area contributed by atoms with E-state index >= 15 is 0 Å². The maximum atomic E-state index is 9.36. The Labute approximate surface area is 100 Å². The van der Waals surface area contributed by atoms with Gasteiger partial charge in [-0.25, -0.2) is 0 Å². The molecule has 2 N–H and O–H groups in total. The number of nitrogens with one attached hydrogen (secondary N) is 1. The van der Waals surface area contributed by atoms with Gasteiger partial charge < -0.3 is 15.3 Å². The topological polar surface area (TPSA) is 35.5 Å². The summed E-state index contributed by atoms with van der Waals surface area (Å²) in [6.07, 6.45) is 5.06. The molecule has 1 fully saturated rings. The van der Waals surface area contributed by atoms with Gasteiger partial charge in [0.1, 0.15) is 0 Å². The van der Waals surface area contributed by atoms with E-state index < -0.39 is 0 Å². The van der Waals surface area contributed by atoms with Crippen LogP contribution in [0.25, 0.3) is 0 Å². The van der Waals surface area contributed by atoms with Gasteiger partial charge in [-0.1, -0.05) is 6.92 Å². The van der Waals surface area contributed by atoms with Crippen molar-refractivity contribution in [2.24, 2.45) is 5.92 Å². The maximum Gasteiger partial charge on any atom is 0.0610 e. The van der Waals surface area contributed by atoms with E-state index in [-0.39, 0.29) is 12.1 Å². The molecule has 0 spiro atoms. The largest absolute Gasteiger partial charge is 0.394 e. The van der Waals surface area contributed by atoms with Crippen molar-refractivity contribution in [2.45, 2.75) is 45.1 Å². The van der Waals surface area contributed by atoms with E-state index in [0.29, 0.717) is 0 Å². The lowest BCUT2D eigenvalue weighted by Crippen LogP contribution is -2.46. The Bertz CT molecular complexity index is 194. The number of rotatable bonds is 9. The molecule has 1 aliphatic rings. The van der Waals surface area contributed by atoms with Gasteiger partial charge in [0.15, 0.2) is 0 Å². The monoisotopic (exact) mass is 228 g/mol. The normalized spacial score (nSPS) is 20.1. The quantitative estimate of drug-likeness (QED) is 0.627. The molecule has 0 amide bonds. The Morgan fingerprint density at radius 2 is 2.12 bits per heavy atom. The molecule has 1 aliphatic carbocycles. The van der Waals surface area contributed by atoms with Crippen LogP contribution in [0.4, 0.5) is 0 Å². The highest BCUT2D eigenvalue weighted by Crippen LogP contribution is 2.29. The number of hydrogen-bond acceptors (Lipinski definition) is 3. The van der Waals surface area contributed by atoms with E-state index in [1.54, 1.807) is 0 Å². The molecule has 0 aromatic heterocycles. The Morgan fingerprint density at radius 1 is 1.44 bits per heavy atom. The highest BCUT2D eigenvalue weighted by Gasteiger charge is 2.24. The average molecular weight is 228 g/mol. The van der Waals surface area contributed by atoms with Gasteiger partial charge in [0.2, 0.25) is 0 Å². The molecule has 0 aromatic carbocycles. The minimum absolute atomic E-state index is 0.0881. The first-order valence-corrected chi connectivity index (χ1v) is 6.64. The van der Waals surface area contributed by atoms with Gasteiger partial charge in [-0.2, -0.15) is 0 Å². The minimum Gasteiger partial charge on any atom is -0.394 e. The van der Waals surface area contributed by atoms with E-state index in [1.165, 1.54) is 19.4 Å². The predicted molar refractivity (Wildman–Crippen MR) is 68.6 cm³/mol. The average Bonchev–Trinajstić information content (AvgIpc) is 3.02. The third-order valence-electron chi connectivity index (χ3n) is 3.49. The number of aliphatic hydroxyl groups is 1. The van der Waals surface area contributed by atoms with Crippen molar-refractivity contribution in [2.75, 3.05) is 33.3 Å². The van der Waals surface area contributed by atoms with Gasteiger partial charge in [-0.3, -0.25) is 0 Å². The summed E-state index contributed by atoms with van der Waals surface area (Å²) in [4.78, 5) is 2.43. The fourth-order valence-electron chi connectivity index (χ4n) is 2.22. The Kier molecular flexibility index (Phi) is 5.73. The van der Waals surface area contributed by atoms with Crippen LogP contribution in [0, 0.1) is 5.92 Å². The smallest absolute Gasteiger partial charge is 0.0610 e. The number of likely N-dealkylation sites (N-methyl/N-ethyl adjacent to an activating group) is 1. The molecule has 1 rings (SSSR count). The first-order chi connectivity index (χ1) is 7.59. The number of aliphatic hydroxyl groups excluding tert-OH is 1. The zero-order chi connectivity index (χ0) is 12.0. The minimum atomic E-state index is -0.0881. The van der Waals surface area contributed by atoms with Gasteiger partial charge in [0.05, 0.1) is 6.61 Å². The van der Waals surface area contributed by atoms with Gasteiger partial charge >= 0.3 is 0 Å². The molecule has 0 radical (unpaired) electrons. The van der Waals surface area contributed by atoms with Crippen LogP contribution in [0.5, 0.6) is 0 Å². The van der Waals surface area contributed by atoms with E-state index in [2.05, 4.69) is 31.1 Å². The van der Waals surface area contributed by atoms with Gasteiger partial charge in [0, 0.05) is 12.1 Å². The van der Waals surface area contributed by atoms with Crippen molar-refractivity contribution >= 4 is 0 Å². The lowest BCUT2D eigenvalue weighted by molar-refractivity contribution is 0.160. The van der Waals surface area contributed by atoms with Crippen molar-refractivity contribution in [3.63, 3.8) is 0 Å². The molecule has 0 saturated heterocycles. The van der Waals surface area contributed by atoms with Crippen molar-refractivity contribution in [1.29, 1.82) is 0 Å². The standard InChI is InChI=1S/C13H28N2O/c1-4-14-13(2,11-16)8-5-9-15(3)10-12-6-7-12/h12,14,16H,4-11H2,1-3H3. The van der Waals surface area contributed by atoms with Crippen LogP contribution < -0.4 is 5.32 Å². The third kappa shape index (κ3) is 5.28. The fraction of sp³-hybridized carbons (Fsp3) is 1.00. The molecule has 0 aromatic rings. The van der Waals surface area contributed by atoms with Gasteiger partial charge in [-0.05, 0) is 58.7 Å². The van der Waals surface area contributed by atoms with Crippen molar-refractivity contribution in [3.8, 4) is 0 Å². The van der Waals surface area contributed by atoms with Crippen molar-refractivity contribution in [1.82, 2.24) is 10.2 Å². The number of nitrogens with zero attached hydrogens (tertiary/aromatic N) is 1. The molecular weight excluding hydrogens is 200 g/mol. The zero-order valence-electron chi connectivity index (χ0n) is 11.1. The van der Waals surface area contributed by atoms with Crippen molar-refractivity contribution < 1.29 is 5.11 Å². The second-order valence-electron chi connectivity index (χ2n) is 5.56. The molecule has 1 saturated carbocycles. The summed E-state index contributed by atoms with van der Waals surface area (Å²) in [6, 6.07) is 0. The lowest BCUT2D eigenvalue weighted by atomic mass is 9.96. The van der Waals surface area contributed by atoms with Crippen LogP contribution >= 0.6 is 0 Å². The van der Waals surface area contributed by atoms with Crippen LogP contribution in [0.1, 0.15) is 39.5 Å². The van der Waals surface area contributed by atoms with Gasteiger partial charge in [0.25, 0.3) is 0 Å². The summed E-state index contributed by atoms with van der Waals surface area (Å²) in [5.41, 5.74) is -0.0881. The van der Waals surface area contributed by atoms with Crippen LogP contribution in [0.15, 0.2) is 0 Å². The molecule has 1 unspecified atom stereocenters. The van der Waals surface area contributed by atoms with E-state index in [9.17, 15) is 5.11 Å². The fourth-order valence-corrected chi connectivity index (χ4v) is 2.22. The van der Waals surface area contributed by atoms with Crippen LogP contribution in [0.3, 0.4) is 0 Å². The number of hydrogen-bond donors (Lipinski definition) is 2. The molecule has 3 heteroatoms. The molecule has 0 aliphatic heterocycles. The summed E-state index contributed by atoms with van der Waals surface area (Å²) in [6.45, 7) is 7.77. The molecule has 16 heavy (non-hydrogen) atoms. The molecular formula is C13H28N2O. The van der Waals surface area contributed by atoms with Crippen LogP contribution in [0.2, 0.25) is 0 Å². The third-order valence-corrected chi connectivity index (χ3v) is 3.49. The Morgan fingerprint density at radius 3 is 2.62 bits per heavy atom. The van der Waals surface area contributed by atoms with Crippen molar-refractivity contribution in [3.05, 3.63) is 0 Å². The van der Waals surface area contributed by atoms with Crippen LogP contribution in [-0.4, -0.2) is 48.8 Å². The first kappa shape index (κ1) is 13.9. The SMILES string of the molecule is CCNC(C)(CO)CCCN(C)CC1CC1. The van der Waals surface area contributed by atoms with E-state index in [0.717, 1.165) is 31.8 Å². The Hall–Kier alpha value is -0.120. The second-order valence-corrected chi connectivity index (χ2v) is 5.56. The Balaban J connectivity index is 2.11. The molecule has 1 atom stereocenters. The summed E-state index contributed by atoms with van der Waals surface area (Å²) in [7, 11) is 2.21. The molecule has 0 bridgehead atoms. The highest BCUT2D eigenvalue weighted by molar-refractivity contribution is 4.82. The summed E-state index contributed by atoms with van der Waals surface area (Å²) < 4.78 is 0. The van der Waals surface area contributed by atoms with E-state index in [1.807, 2.05) is 0 Å². The maximum absolute atomic E-state index is 9.36. The van der Waals surface area contributed by atoms with Crippen LogP contribution in [-0.2, 0) is 0 Å². The zero-order valence-corrected chi connectivity index (χ0v) is 11.1. The highest BCUT2D eigenvalue weighted by atomic mass is 16.3. The second kappa shape index (κ2) is 6.58. The predicted octanol–water partition coefficient (Wildman–Crippen LogP) is 1.47. The van der Waals surface area contributed by atoms with Gasteiger partial charge in [-0.15, -0.1) is 0 Å². The summed E-state index contributed by atoms with van der Waals surface area (Å²) in [5.74, 6) is 0.975. The lowest BCUT2D eigenvalue weighted by Gasteiger charge is -2.29. The molecule has 96 valence electrons. The summed E-state index contributed by atoms with van der Waals surface area (Å²) >= 11 is 0. The molecule has 3 nitrogen and oxygen atoms in total.